The van der Waals surface area contributed by atoms with Gasteiger partial charge in [0.05, 0.1) is 28.8 Å². The summed E-state index contributed by atoms with van der Waals surface area (Å²) < 4.78 is 31.8. The van der Waals surface area contributed by atoms with E-state index in [4.69, 9.17) is 9.72 Å². The van der Waals surface area contributed by atoms with E-state index in [1.165, 1.54) is 14.1 Å². The maximum absolute atomic E-state index is 13.3. The van der Waals surface area contributed by atoms with E-state index in [1.54, 1.807) is 37.4 Å². The molecule has 1 heterocycles. The number of nitrogens with zero attached hydrogens (tertiary/aromatic N) is 2. The molecule has 1 N–H and O–H groups in total. The Hall–Kier alpha value is -3.75. The quantitative estimate of drug-likeness (QED) is 0.435. The van der Waals surface area contributed by atoms with Gasteiger partial charge in [-0.1, -0.05) is 36.4 Å². The number of benzene rings is 3. The van der Waals surface area contributed by atoms with Crippen LogP contribution in [0, 0.1) is 0 Å². The molecule has 0 fully saturated rings. The standard InChI is InChI=1S/C26H25N3O4S/c1-29(2)34(31,32)25-11-7-4-8-19(25)17-27-26(30)22-16-24(18-12-14-20(33-3)15-13-18)28-23-10-6-5-9-21(22)23/h4-16H,17H2,1-3H3,(H,27,30). The van der Waals surface area contributed by atoms with Gasteiger partial charge in [0.25, 0.3) is 5.91 Å². The highest BCUT2D eigenvalue weighted by molar-refractivity contribution is 7.89. The second-order valence-corrected chi connectivity index (χ2v) is 10.00. The van der Waals surface area contributed by atoms with Crippen molar-refractivity contribution in [3.05, 3.63) is 90.0 Å². The topological polar surface area (TPSA) is 88.6 Å². The molecule has 1 aromatic heterocycles. The van der Waals surface area contributed by atoms with E-state index in [9.17, 15) is 13.2 Å². The lowest BCUT2D eigenvalue weighted by molar-refractivity contribution is 0.0952. The first-order valence-electron chi connectivity index (χ1n) is 10.6. The first-order chi connectivity index (χ1) is 16.3. The van der Waals surface area contributed by atoms with Crippen molar-refractivity contribution in [3.8, 4) is 17.0 Å². The highest BCUT2D eigenvalue weighted by atomic mass is 32.2. The molecule has 1 amide bonds. The van der Waals surface area contributed by atoms with Crippen molar-refractivity contribution in [2.75, 3.05) is 21.2 Å². The van der Waals surface area contributed by atoms with E-state index in [1.807, 2.05) is 48.5 Å². The molecule has 0 aliphatic carbocycles. The molecule has 3 aromatic carbocycles. The van der Waals surface area contributed by atoms with Crippen molar-refractivity contribution < 1.29 is 17.9 Å². The van der Waals surface area contributed by atoms with E-state index >= 15 is 0 Å². The van der Waals surface area contributed by atoms with Crippen molar-refractivity contribution in [3.63, 3.8) is 0 Å². The zero-order chi connectivity index (χ0) is 24.3. The van der Waals surface area contributed by atoms with Crippen LogP contribution in [0.3, 0.4) is 0 Å². The number of sulfonamides is 1. The molecule has 0 atom stereocenters. The Labute approximate surface area is 199 Å². The molecule has 0 radical (unpaired) electrons. The molecular formula is C26H25N3O4S. The molecule has 7 nitrogen and oxygen atoms in total. The average molecular weight is 476 g/mol. The number of methoxy groups -OCH3 is 1. The highest BCUT2D eigenvalue weighted by Gasteiger charge is 2.21. The van der Waals surface area contributed by atoms with E-state index in [0.717, 1.165) is 15.6 Å². The van der Waals surface area contributed by atoms with Gasteiger partial charge >= 0.3 is 0 Å². The number of ether oxygens (including phenoxy) is 1. The Morgan fingerprint density at radius 1 is 0.971 bits per heavy atom. The number of para-hydroxylation sites is 1. The Bertz CT molecular complexity index is 1450. The van der Waals surface area contributed by atoms with Gasteiger partial charge in [-0.3, -0.25) is 4.79 Å². The molecule has 34 heavy (non-hydrogen) atoms. The molecule has 0 unspecified atom stereocenters. The fourth-order valence-corrected chi connectivity index (χ4v) is 4.76. The van der Waals surface area contributed by atoms with Crippen LogP contribution in [0.4, 0.5) is 0 Å². The first kappa shape index (κ1) is 23.4. The Morgan fingerprint density at radius 3 is 2.35 bits per heavy atom. The molecule has 4 aromatic rings. The number of rotatable bonds is 7. The van der Waals surface area contributed by atoms with Gasteiger partial charge < -0.3 is 10.1 Å². The summed E-state index contributed by atoms with van der Waals surface area (Å²) in [6.07, 6.45) is 0. The third-order valence-corrected chi connectivity index (χ3v) is 7.43. The summed E-state index contributed by atoms with van der Waals surface area (Å²) in [5.41, 5.74) is 3.17. The summed E-state index contributed by atoms with van der Waals surface area (Å²) in [7, 11) is 0.925. The second kappa shape index (κ2) is 9.62. The van der Waals surface area contributed by atoms with Crippen LogP contribution in [0.25, 0.3) is 22.2 Å². The van der Waals surface area contributed by atoms with Gasteiger partial charge in [-0.05, 0) is 48.0 Å². The number of hydrogen-bond acceptors (Lipinski definition) is 5. The lowest BCUT2D eigenvalue weighted by atomic mass is 10.0. The Balaban J connectivity index is 1.68. The van der Waals surface area contributed by atoms with Crippen molar-refractivity contribution in [1.82, 2.24) is 14.6 Å². The van der Waals surface area contributed by atoms with Crippen LogP contribution in [0.5, 0.6) is 5.75 Å². The Morgan fingerprint density at radius 2 is 1.65 bits per heavy atom. The van der Waals surface area contributed by atoms with Crippen molar-refractivity contribution in [2.45, 2.75) is 11.4 Å². The molecule has 0 aliphatic rings. The van der Waals surface area contributed by atoms with E-state index in [0.29, 0.717) is 27.7 Å². The molecule has 0 spiro atoms. The number of carbonyl (C=O) groups is 1. The number of pyridine rings is 1. The normalized spacial score (nSPS) is 11.5. The minimum Gasteiger partial charge on any atom is -0.497 e. The van der Waals surface area contributed by atoms with Crippen molar-refractivity contribution >= 4 is 26.8 Å². The highest BCUT2D eigenvalue weighted by Crippen LogP contribution is 2.27. The van der Waals surface area contributed by atoms with Crippen LogP contribution < -0.4 is 10.1 Å². The van der Waals surface area contributed by atoms with Crippen molar-refractivity contribution in [1.29, 1.82) is 0 Å². The lowest BCUT2D eigenvalue weighted by Crippen LogP contribution is -2.27. The molecule has 4 rings (SSSR count). The average Bonchev–Trinajstić information content (AvgIpc) is 2.86. The number of nitrogens with one attached hydrogen (secondary N) is 1. The number of aromatic nitrogens is 1. The SMILES string of the molecule is COc1ccc(-c2cc(C(=O)NCc3ccccc3S(=O)(=O)N(C)C)c3ccccc3n2)cc1. The van der Waals surface area contributed by atoms with Gasteiger partial charge in [0.1, 0.15) is 5.75 Å². The van der Waals surface area contributed by atoms with Crippen LogP contribution in [0.1, 0.15) is 15.9 Å². The van der Waals surface area contributed by atoms with Crippen LogP contribution in [-0.4, -0.2) is 44.8 Å². The maximum Gasteiger partial charge on any atom is 0.252 e. The summed E-state index contributed by atoms with van der Waals surface area (Å²) in [6.45, 7) is 0.0661. The molecule has 8 heteroatoms. The largest absolute Gasteiger partial charge is 0.497 e. The van der Waals surface area contributed by atoms with Crippen LogP contribution in [-0.2, 0) is 16.6 Å². The molecular weight excluding hydrogens is 450 g/mol. The monoisotopic (exact) mass is 475 g/mol. The predicted molar refractivity (Wildman–Crippen MR) is 132 cm³/mol. The number of amides is 1. The van der Waals surface area contributed by atoms with Gasteiger partial charge in [-0.15, -0.1) is 0 Å². The molecule has 0 saturated heterocycles. The number of hydrogen-bond donors (Lipinski definition) is 1. The molecule has 0 bridgehead atoms. The van der Waals surface area contributed by atoms with E-state index < -0.39 is 10.0 Å². The Kier molecular flexibility index (Phi) is 6.63. The number of fused-ring (bicyclic) bond motifs is 1. The summed E-state index contributed by atoms with van der Waals surface area (Å²) in [5, 5.41) is 3.60. The van der Waals surface area contributed by atoms with E-state index in [2.05, 4.69) is 5.32 Å². The van der Waals surface area contributed by atoms with Gasteiger partial charge in [0, 0.05) is 31.6 Å². The smallest absolute Gasteiger partial charge is 0.252 e. The second-order valence-electron chi connectivity index (χ2n) is 7.88. The predicted octanol–water partition coefficient (Wildman–Crippen LogP) is 4.09. The van der Waals surface area contributed by atoms with E-state index in [-0.39, 0.29) is 17.3 Å². The van der Waals surface area contributed by atoms with Crippen LogP contribution >= 0.6 is 0 Å². The summed E-state index contributed by atoms with van der Waals surface area (Å²) in [5.74, 6) is 0.416. The molecule has 0 saturated carbocycles. The summed E-state index contributed by atoms with van der Waals surface area (Å²) in [6, 6.07) is 23.3. The van der Waals surface area contributed by atoms with Gasteiger partial charge in [-0.2, -0.15) is 0 Å². The minimum atomic E-state index is -3.64. The molecule has 174 valence electrons. The summed E-state index contributed by atoms with van der Waals surface area (Å²) in [4.78, 5) is 18.2. The van der Waals surface area contributed by atoms with Crippen LogP contribution in [0.15, 0.2) is 83.8 Å². The number of carbonyl (C=O) groups excluding carboxylic acids is 1. The fraction of sp³-hybridized carbons (Fsp3) is 0.154. The third-order valence-electron chi connectivity index (χ3n) is 5.52. The summed E-state index contributed by atoms with van der Waals surface area (Å²) >= 11 is 0. The molecule has 0 aliphatic heterocycles. The zero-order valence-electron chi connectivity index (χ0n) is 19.1. The third kappa shape index (κ3) is 4.64. The first-order valence-corrected chi connectivity index (χ1v) is 12.1. The maximum atomic E-state index is 13.3. The fourth-order valence-electron chi connectivity index (χ4n) is 3.64. The van der Waals surface area contributed by atoms with Gasteiger partial charge in [0.2, 0.25) is 10.0 Å². The van der Waals surface area contributed by atoms with Crippen LogP contribution in [0.2, 0.25) is 0 Å². The minimum absolute atomic E-state index is 0.0661. The lowest BCUT2D eigenvalue weighted by Gasteiger charge is -2.16. The van der Waals surface area contributed by atoms with Crippen molar-refractivity contribution in [2.24, 2.45) is 0 Å². The van der Waals surface area contributed by atoms with Gasteiger partial charge in [0.15, 0.2) is 0 Å². The zero-order valence-corrected chi connectivity index (χ0v) is 20.0. The van der Waals surface area contributed by atoms with Gasteiger partial charge in [-0.25, -0.2) is 17.7 Å².